The zero-order valence-electron chi connectivity index (χ0n) is 13.8. The van der Waals surface area contributed by atoms with Gasteiger partial charge in [-0.05, 0) is 18.1 Å². The molecule has 7 nitrogen and oxygen atoms in total. The van der Waals surface area contributed by atoms with Crippen molar-refractivity contribution in [1.82, 2.24) is 9.97 Å². The summed E-state index contributed by atoms with van der Waals surface area (Å²) in [5, 5.41) is 12.9. The Morgan fingerprint density at radius 3 is 2.44 bits per heavy atom. The van der Waals surface area contributed by atoms with Crippen molar-refractivity contribution in [2.45, 2.75) is 19.8 Å². The molecule has 0 aliphatic rings. The Balaban J connectivity index is 2.26. The van der Waals surface area contributed by atoms with Gasteiger partial charge < -0.3 is 20.1 Å². The summed E-state index contributed by atoms with van der Waals surface area (Å²) in [6, 6.07) is 3.03. The van der Waals surface area contributed by atoms with Crippen LogP contribution in [0.1, 0.15) is 25.5 Å². The maximum atomic E-state index is 11.3. The van der Waals surface area contributed by atoms with Crippen molar-refractivity contribution in [2.24, 2.45) is 0 Å². The van der Waals surface area contributed by atoms with E-state index in [1.807, 2.05) is 13.8 Å². The third-order valence-corrected chi connectivity index (χ3v) is 4.40. The molecule has 3 N–H and O–H groups in total. The third kappa shape index (κ3) is 5.47. The molecule has 0 spiro atoms. The predicted octanol–water partition coefficient (Wildman–Crippen LogP) is 4.67. The SMILES string of the molecule is CC(C)c1nc(Oc2c(Cl)cc(NCP(C)(=O)O)cc2Cl)ncc1O. The molecule has 2 aromatic rings. The average molecular weight is 406 g/mol. The summed E-state index contributed by atoms with van der Waals surface area (Å²) in [5.41, 5.74) is 0.921. The number of benzene rings is 1. The number of hydrogen-bond acceptors (Lipinski definition) is 6. The molecule has 136 valence electrons. The zero-order valence-corrected chi connectivity index (χ0v) is 16.2. The molecule has 0 radical (unpaired) electrons. The number of aromatic hydroxyl groups is 1. The van der Waals surface area contributed by atoms with Crippen LogP contribution in [0.25, 0.3) is 0 Å². The minimum absolute atomic E-state index is 0.000531. The lowest BCUT2D eigenvalue weighted by atomic mass is 10.1. The molecule has 10 heteroatoms. The summed E-state index contributed by atoms with van der Waals surface area (Å²) in [6.45, 7) is 4.99. The monoisotopic (exact) mass is 405 g/mol. The summed E-state index contributed by atoms with van der Waals surface area (Å²) in [6.07, 6.45) is 1.13. The highest BCUT2D eigenvalue weighted by Crippen LogP contribution is 2.40. The fourth-order valence-electron chi connectivity index (χ4n) is 1.93. The van der Waals surface area contributed by atoms with Crippen molar-refractivity contribution in [1.29, 1.82) is 0 Å². The van der Waals surface area contributed by atoms with Crippen LogP contribution in [0.4, 0.5) is 5.69 Å². The van der Waals surface area contributed by atoms with Crippen LogP contribution in [-0.4, -0.2) is 32.9 Å². The molecule has 25 heavy (non-hydrogen) atoms. The number of ether oxygens (including phenoxy) is 1. The maximum Gasteiger partial charge on any atom is 0.322 e. The van der Waals surface area contributed by atoms with Crippen LogP contribution in [0.3, 0.4) is 0 Å². The second kappa shape index (κ2) is 7.79. The lowest BCUT2D eigenvalue weighted by molar-refractivity contribution is 0.417. The van der Waals surface area contributed by atoms with Gasteiger partial charge in [0.25, 0.3) is 0 Å². The molecular weight excluding hydrogens is 388 g/mol. The van der Waals surface area contributed by atoms with Gasteiger partial charge in [0.1, 0.15) is 0 Å². The van der Waals surface area contributed by atoms with Crippen LogP contribution >= 0.6 is 30.6 Å². The summed E-state index contributed by atoms with van der Waals surface area (Å²) >= 11 is 12.4. The molecule has 0 amide bonds. The number of nitrogens with one attached hydrogen (secondary N) is 1. The largest absolute Gasteiger partial charge is 0.504 e. The van der Waals surface area contributed by atoms with Gasteiger partial charge in [0.05, 0.1) is 28.2 Å². The molecule has 2 rings (SSSR count). The molecule has 1 aromatic heterocycles. The van der Waals surface area contributed by atoms with Crippen LogP contribution in [0, 0.1) is 0 Å². The van der Waals surface area contributed by atoms with E-state index in [1.165, 1.54) is 25.0 Å². The van der Waals surface area contributed by atoms with Crippen LogP contribution < -0.4 is 10.1 Å². The second-order valence-electron chi connectivity index (χ2n) is 5.83. The van der Waals surface area contributed by atoms with Gasteiger partial charge in [0.15, 0.2) is 11.5 Å². The quantitative estimate of drug-likeness (QED) is 0.599. The molecule has 1 heterocycles. The van der Waals surface area contributed by atoms with E-state index < -0.39 is 7.37 Å². The van der Waals surface area contributed by atoms with Gasteiger partial charge in [-0.3, -0.25) is 4.57 Å². The van der Waals surface area contributed by atoms with Crippen molar-refractivity contribution in [3.05, 3.63) is 34.1 Å². The fraction of sp³-hybridized carbons (Fsp3) is 0.333. The van der Waals surface area contributed by atoms with Crippen molar-refractivity contribution < 1.29 is 19.3 Å². The van der Waals surface area contributed by atoms with E-state index in [1.54, 1.807) is 0 Å². The van der Waals surface area contributed by atoms with Crippen LogP contribution in [0.2, 0.25) is 10.0 Å². The van der Waals surface area contributed by atoms with Crippen LogP contribution in [-0.2, 0) is 4.57 Å². The van der Waals surface area contributed by atoms with E-state index in [0.29, 0.717) is 11.4 Å². The first-order valence-corrected chi connectivity index (χ1v) is 10.4. The Morgan fingerprint density at radius 2 is 1.92 bits per heavy atom. The van der Waals surface area contributed by atoms with Gasteiger partial charge >= 0.3 is 6.01 Å². The Bertz CT molecular complexity index is 803. The van der Waals surface area contributed by atoms with E-state index in [-0.39, 0.29) is 39.8 Å². The minimum Gasteiger partial charge on any atom is -0.504 e. The molecule has 0 aliphatic heterocycles. The smallest absolute Gasteiger partial charge is 0.322 e. The summed E-state index contributed by atoms with van der Waals surface area (Å²) < 4.78 is 16.9. The van der Waals surface area contributed by atoms with Gasteiger partial charge in [0, 0.05) is 12.4 Å². The second-order valence-corrected chi connectivity index (χ2v) is 9.07. The number of anilines is 1. The van der Waals surface area contributed by atoms with Crippen LogP contribution in [0.5, 0.6) is 17.5 Å². The van der Waals surface area contributed by atoms with Crippen molar-refractivity contribution in [3.63, 3.8) is 0 Å². The standard InChI is InChI=1S/C15H18Cl2N3O4P/c1-8(2)13-12(21)6-18-15(20-13)24-14-10(16)4-9(5-11(14)17)19-7-25(3,22)23/h4-6,8,19,21H,7H2,1-3H3,(H,22,23). The van der Waals surface area contributed by atoms with Gasteiger partial charge in [-0.15, -0.1) is 0 Å². The Kier molecular flexibility index (Phi) is 6.16. The molecular formula is C15H18Cl2N3O4P. The van der Waals surface area contributed by atoms with Gasteiger partial charge in [-0.2, -0.15) is 9.97 Å². The molecule has 0 fully saturated rings. The number of halogens is 2. The topological polar surface area (TPSA) is 105 Å². The number of rotatable bonds is 6. The molecule has 1 unspecified atom stereocenters. The highest BCUT2D eigenvalue weighted by Gasteiger charge is 2.16. The molecule has 1 aromatic carbocycles. The minimum atomic E-state index is -3.22. The van der Waals surface area contributed by atoms with E-state index in [0.717, 1.165) is 0 Å². The average Bonchev–Trinajstić information content (AvgIpc) is 2.49. The van der Waals surface area contributed by atoms with E-state index in [2.05, 4.69) is 15.3 Å². The highest BCUT2D eigenvalue weighted by atomic mass is 35.5. The highest BCUT2D eigenvalue weighted by molar-refractivity contribution is 7.57. The van der Waals surface area contributed by atoms with Gasteiger partial charge in [-0.1, -0.05) is 37.0 Å². The maximum absolute atomic E-state index is 11.3. The van der Waals surface area contributed by atoms with E-state index in [4.69, 9.17) is 27.9 Å². The first-order valence-electron chi connectivity index (χ1n) is 7.33. The molecule has 0 saturated heterocycles. The number of nitrogens with zero attached hydrogens (tertiary/aromatic N) is 2. The lowest BCUT2D eigenvalue weighted by Gasteiger charge is -2.14. The first kappa shape index (κ1) is 19.8. The van der Waals surface area contributed by atoms with Crippen molar-refractivity contribution >= 4 is 36.3 Å². The normalized spacial score (nSPS) is 13.6. The van der Waals surface area contributed by atoms with Gasteiger partial charge in [-0.25, -0.2) is 0 Å². The van der Waals surface area contributed by atoms with Gasteiger partial charge in [0.2, 0.25) is 7.37 Å². The lowest BCUT2D eigenvalue weighted by Crippen LogP contribution is -2.02. The summed E-state index contributed by atoms with van der Waals surface area (Å²) in [5.74, 6) is 0.108. The van der Waals surface area contributed by atoms with E-state index in [9.17, 15) is 14.6 Å². The van der Waals surface area contributed by atoms with Crippen LogP contribution in [0.15, 0.2) is 18.3 Å². The zero-order chi connectivity index (χ0) is 18.8. The summed E-state index contributed by atoms with van der Waals surface area (Å²) in [4.78, 5) is 17.4. The molecule has 1 atom stereocenters. The number of aromatic nitrogens is 2. The predicted molar refractivity (Wildman–Crippen MR) is 98.6 cm³/mol. The molecule has 0 bridgehead atoms. The van der Waals surface area contributed by atoms with Crippen molar-refractivity contribution in [2.75, 3.05) is 18.3 Å². The van der Waals surface area contributed by atoms with E-state index >= 15 is 0 Å². The Morgan fingerprint density at radius 1 is 1.32 bits per heavy atom. The molecule has 0 aliphatic carbocycles. The summed E-state index contributed by atoms with van der Waals surface area (Å²) in [7, 11) is -3.22. The number of hydrogen-bond donors (Lipinski definition) is 3. The first-order chi connectivity index (χ1) is 11.6. The van der Waals surface area contributed by atoms with Crippen molar-refractivity contribution in [3.8, 4) is 17.5 Å². The fourth-order valence-corrected chi connectivity index (χ4v) is 2.97. The Labute approximate surface area is 155 Å². The Hall–Kier alpha value is -1.53. The molecule has 0 saturated carbocycles. The third-order valence-electron chi connectivity index (χ3n) is 3.09.